The largest absolute Gasteiger partial charge is 0.297 e. The topological polar surface area (TPSA) is 17.3 Å². The molecule has 2 heterocycles. The van der Waals surface area contributed by atoms with Gasteiger partial charge >= 0.3 is 0 Å². The Balaban J connectivity index is 2.92. The van der Waals surface area contributed by atoms with Crippen LogP contribution in [0.5, 0.6) is 0 Å². The normalized spacial score (nSPS) is 10.8. The number of halogens is 1. The van der Waals surface area contributed by atoms with Crippen LogP contribution < -0.4 is 0 Å². The van der Waals surface area contributed by atoms with E-state index < -0.39 is 0 Å². The number of hydrogen-bond donors (Lipinski definition) is 0. The van der Waals surface area contributed by atoms with Gasteiger partial charge in [-0.05, 0) is 22.6 Å². The first-order valence-electron chi connectivity index (χ1n) is 2.44. The molecule has 0 aliphatic carbocycles. The summed E-state index contributed by atoms with van der Waals surface area (Å²) in [7, 11) is 0. The lowest BCUT2D eigenvalue weighted by Gasteiger charge is -1.71. The third-order valence-corrected chi connectivity index (χ3v) is 2.35. The van der Waals surface area contributed by atoms with E-state index in [4.69, 9.17) is 0 Å². The van der Waals surface area contributed by atoms with Crippen LogP contribution in [0.25, 0.3) is 4.96 Å². The highest BCUT2D eigenvalue weighted by Gasteiger charge is 1.95. The van der Waals surface area contributed by atoms with Crippen LogP contribution in [-0.4, -0.2) is 9.38 Å². The molecular formula is C5H3IN2S. The Bertz CT molecular complexity index is 296. The van der Waals surface area contributed by atoms with E-state index in [1.807, 2.05) is 22.2 Å². The van der Waals surface area contributed by atoms with E-state index in [9.17, 15) is 0 Å². The molecule has 0 fully saturated rings. The summed E-state index contributed by atoms with van der Waals surface area (Å²) in [6.45, 7) is 0. The minimum absolute atomic E-state index is 1.06. The van der Waals surface area contributed by atoms with E-state index in [1.54, 1.807) is 11.3 Å². The Morgan fingerprint density at radius 1 is 1.67 bits per heavy atom. The maximum atomic E-state index is 4.24. The zero-order chi connectivity index (χ0) is 6.27. The van der Waals surface area contributed by atoms with Gasteiger partial charge in [-0.2, -0.15) is 0 Å². The molecule has 0 aromatic carbocycles. The van der Waals surface area contributed by atoms with Crippen LogP contribution in [0.15, 0.2) is 17.8 Å². The maximum absolute atomic E-state index is 4.24. The fraction of sp³-hybridized carbons (Fsp3) is 0. The molecule has 0 N–H and O–H groups in total. The lowest BCUT2D eigenvalue weighted by molar-refractivity contribution is 1.23. The molecule has 0 radical (unpaired) electrons. The van der Waals surface area contributed by atoms with Crippen LogP contribution in [0.2, 0.25) is 0 Å². The first kappa shape index (κ1) is 5.67. The van der Waals surface area contributed by atoms with Crippen molar-refractivity contribution in [2.75, 3.05) is 0 Å². The van der Waals surface area contributed by atoms with Gasteiger partial charge in [-0.1, -0.05) is 0 Å². The first-order valence-corrected chi connectivity index (χ1v) is 4.40. The fourth-order valence-electron chi connectivity index (χ4n) is 0.699. The number of imidazole rings is 1. The highest BCUT2D eigenvalue weighted by molar-refractivity contribution is 14.1. The molecule has 4 heteroatoms. The first-order chi connectivity index (χ1) is 4.36. The number of hydrogen-bond acceptors (Lipinski definition) is 2. The van der Waals surface area contributed by atoms with Gasteiger partial charge in [0.25, 0.3) is 0 Å². The van der Waals surface area contributed by atoms with Crippen molar-refractivity contribution in [3.05, 3.63) is 21.5 Å². The monoisotopic (exact) mass is 250 g/mol. The molecule has 2 aromatic heterocycles. The van der Waals surface area contributed by atoms with Gasteiger partial charge in [0.2, 0.25) is 0 Å². The van der Waals surface area contributed by atoms with Crippen LogP contribution in [0.3, 0.4) is 0 Å². The summed E-state index contributed by atoms with van der Waals surface area (Å²) < 4.78 is 3.08. The summed E-state index contributed by atoms with van der Waals surface area (Å²) in [5, 5.41) is 2.03. The van der Waals surface area contributed by atoms with E-state index in [0.717, 1.165) is 8.66 Å². The fourth-order valence-corrected chi connectivity index (χ4v) is 2.09. The molecule has 0 aliphatic heterocycles. The van der Waals surface area contributed by atoms with E-state index in [1.165, 1.54) is 0 Å². The van der Waals surface area contributed by atoms with Gasteiger partial charge in [0.15, 0.2) is 4.96 Å². The summed E-state index contributed by atoms with van der Waals surface area (Å²) in [5.74, 6) is 0. The van der Waals surface area contributed by atoms with Crippen molar-refractivity contribution < 1.29 is 0 Å². The van der Waals surface area contributed by atoms with Crippen LogP contribution in [0.1, 0.15) is 0 Å². The third-order valence-electron chi connectivity index (χ3n) is 1.06. The van der Waals surface area contributed by atoms with E-state index in [2.05, 4.69) is 27.6 Å². The summed E-state index contributed by atoms with van der Waals surface area (Å²) in [4.78, 5) is 5.31. The minimum Gasteiger partial charge on any atom is -0.297 e. The SMILES string of the molecule is Ic1cn2ccsc2n1. The predicted molar refractivity (Wildman–Crippen MR) is 45.8 cm³/mol. The molecule has 9 heavy (non-hydrogen) atoms. The van der Waals surface area contributed by atoms with E-state index >= 15 is 0 Å². The number of nitrogens with zero attached hydrogens (tertiary/aromatic N) is 2. The van der Waals surface area contributed by atoms with Crippen LogP contribution in [-0.2, 0) is 0 Å². The van der Waals surface area contributed by atoms with Crippen LogP contribution in [0.4, 0.5) is 0 Å². The summed E-state index contributed by atoms with van der Waals surface area (Å²) in [6, 6.07) is 0. The van der Waals surface area contributed by atoms with Crippen LogP contribution in [0, 0.1) is 3.70 Å². The van der Waals surface area contributed by atoms with Gasteiger partial charge in [-0.15, -0.1) is 11.3 Å². The second-order valence-electron chi connectivity index (χ2n) is 1.66. The smallest absolute Gasteiger partial charge is 0.194 e. The summed E-state index contributed by atoms with van der Waals surface area (Å²) in [5.41, 5.74) is 0. The number of thiazole rings is 1. The molecule has 0 atom stereocenters. The molecule has 46 valence electrons. The second kappa shape index (κ2) is 1.95. The molecule has 0 unspecified atom stereocenters. The molecular weight excluding hydrogens is 247 g/mol. The zero-order valence-electron chi connectivity index (χ0n) is 4.41. The zero-order valence-corrected chi connectivity index (χ0v) is 7.39. The Labute approximate surface area is 69.7 Å². The summed E-state index contributed by atoms with van der Waals surface area (Å²) >= 11 is 3.86. The van der Waals surface area contributed by atoms with Crippen molar-refractivity contribution in [1.82, 2.24) is 9.38 Å². The molecule has 0 aliphatic rings. The van der Waals surface area contributed by atoms with Crippen molar-refractivity contribution in [1.29, 1.82) is 0 Å². The van der Waals surface area contributed by atoms with E-state index in [-0.39, 0.29) is 0 Å². The van der Waals surface area contributed by atoms with Crippen molar-refractivity contribution in [2.24, 2.45) is 0 Å². The molecule has 2 nitrogen and oxygen atoms in total. The Hall–Kier alpha value is -0.100. The minimum atomic E-state index is 1.06. The maximum Gasteiger partial charge on any atom is 0.194 e. The molecule has 2 rings (SSSR count). The molecule has 0 spiro atoms. The standard InChI is InChI=1S/C5H3IN2S/c6-4-3-8-1-2-9-5(8)7-4/h1-3H. The predicted octanol–water partition coefficient (Wildman–Crippen LogP) is 2.00. The average molecular weight is 250 g/mol. The second-order valence-corrected chi connectivity index (χ2v) is 3.63. The van der Waals surface area contributed by atoms with Gasteiger partial charge in [0.05, 0.1) is 0 Å². The number of aromatic nitrogens is 2. The Morgan fingerprint density at radius 3 is 3.33 bits per heavy atom. The Morgan fingerprint density at radius 2 is 2.56 bits per heavy atom. The molecule has 2 aromatic rings. The quantitative estimate of drug-likeness (QED) is 0.653. The van der Waals surface area contributed by atoms with Gasteiger partial charge < -0.3 is 0 Å². The number of fused-ring (bicyclic) bond motifs is 1. The van der Waals surface area contributed by atoms with Crippen molar-refractivity contribution in [2.45, 2.75) is 0 Å². The molecule has 0 saturated heterocycles. The number of rotatable bonds is 0. The third kappa shape index (κ3) is 0.858. The molecule has 0 bridgehead atoms. The average Bonchev–Trinajstić information content (AvgIpc) is 2.22. The van der Waals surface area contributed by atoms with E-state index in [0.29, 0.717) is 0 Å². The lowest BCUT2D eigenvalue weighted by Crippen LogP contribution is -1.66. The molecule has 0 amide bonds. The van der Waals surface area contributed by atoms with Gasteiger partial charge in [-0.25, -0.2) is 4.98 Å². The van der Waals surface area contributed by atoms with Crippen LogP contribution >= 0.6 is 33.9 Å². The van der Waals surface area contributed by atoms with Gasteiger partial charge in [0, 0.05) is 17.8 Å². The van der Waals surface area contributed by atoms with Gasteiger partial charge in [0.1, 0.15) is 3.70 Å². The summed E-state index contributed by atoms with van der Waals surface area (Å²) in [6.07, 6.45) is 4.02. The molecule has 0 saturated carbocycles. The highest BCUT2D eigenvalue weighted by Crippen LogP contribution is 2.11. The Kier molecular flexibility index (Phi) is 1.23. The van der Waals surface area contributed by atoms with Crippen molar-refractivity contribution in [3.8, 4) is 0 Å². The van der Waals surface area contributed by atoms with Crippen molar-refractivity contribution >= 4 is 38.9 Å². The highest BCUT2D eigenvalue weighted by atomic mass is 127. The van der Waals surface area contributed by atoms with Gasteiger partial charge in [-0.3, -0.25) is 4.40 Å². The van der Waals surface area contributed by atoms with Crippen molar-refractivity contribution in [3.63, 3.8) is 0 Å². The lowest BCUT2D eigenvalue weighted by atomic mass is 10.9.